The molecule has 29 heavy (non-hydrogen) atoms. The molecule has 0 spiro atoms. The Morgan fingerprint density at radius 3 is 2.62 bits per heavy atom. The summed E-state index contributed by atoms with van der Waals surface area (Å²) in [7, 11) is 0. The van der Waals surface area contributed by atoms with Gasteiger partial charge in [0.1, 0.15) is 0 Å². The van der Waals surface area contributed by atoms with Crippen LogP contribution in [-0.4, -0.2) is 0 Å². The lowest BCUT2D eigenvalue weighted by Gasteiger charge is -2.27. The predicted octanol–water partition coefficient (Wildman–Crippen LogP) is 7.71. The zero-order chi connectivity index (χ0) is 19.5. The Kier molecular flexibility index (Phi) is 2.79. The molecule has 0 saturated carbocycles. The quantitative estimate of drug-likeness (QED) is 0.378. The Morgan fingerprint density at radius 1 is 0.931 bits per heavy atom. The molecule has 0 N–H and O–H groups in total. The zero-order valence-corrected chi connectivity index (χ0v) is 17.2. The fraction of sp³-hybridized carbons (Fsp3) is 0.185. The molecule has 0 bridgehead atoms. The Morgan fingerprint density at radius 2 is 1.72 bits per heavy atom. The van der Waals surface area contributed by atoms with E-state index in [1.807, 2.05) is 0 Å². The maximum absolute atomic E-state index is 6.90. The van der Waals surface area contributed by atoms with Crippen LogP contribution < -0.4 is 4.90 Å². The highest BCUT2D eigenvalue weighted by molar-refractivity contribution is 6.35. The summed E-state index contributed by atoms with van der Waals surface area (Å²) < 4.78 is 0. The van der Waals surface area contributed by atoms with Crippen LogP contribution in [0.1, 0.15) is 42.9 Å². The zero-order valence-electron chi connectivity index (χ0n) is 16.5. The van der Waals surface area contributed by atoms with Gasteiger partial charge in [0.15, 0.2) is 0 Å². The lowest BCUT2D eigenvalue weighted by Crippen LogP contribution is -2.17. The Hall–Kier alpha value is -2.77. The van der Waals surface area contributed by atoms with E-state index in [2.05, 4.69) is 85.5 Å². The highest BCUT2D eigenvalue weighted by Crippen LogP contribution is 2.65. The molecule has 0 aromatic heterocycles. The number of rotatable bonds is 0. The van der Waals surface area contributed by atoms with Crippen molar-refractivity contribution in [3.8, 4) is 22.3 Å². The van der Waals surface area contributed by atoms with E-state index in [9.17, 15) is 0 Å². The molecule has 2 heterocycles. The number of para-hydroxylation sites is 1. The first-order chi connectivity index (χ1) is 14.1. The van der Waals surface area contributed by atoms with Crippen LogP contribution in [0.5, 0.6) is 0 Å². The predicted molar refractivity (Wildman–Crippen MR) is 121 cm³/mol. The summed E-state index contributed by atoms with van der Waals surface area (Å²) in [5.41, 5.74) is 13.4. The van der Waals surface area contributed by atoms with Gasteiger partial charge < -0.3 is 4.90 Å². The van der Waals surface area contributed by atoms with Crippen LogP contribution in [0, 0.1) is 0 Å². The van der Waals surface area contributed by atoms with E-state index >= 15 is 0 Å². The lowest BCUT2D eigenvalue weighted by atomic mass is 9.81. The second-order valence-corrected chi connectivity index (χ2v) is 9.46. The van der Waals surface area contributed by atoms with Gasteiger partial charge in [-0.2, -0.15) is 0 Å². The summed E-state index contributed by atoms with van der Waals surface area (Å²) in [4.78, 5) is 2.53. The summed E-state index contributed by atoms with van der Waals surface area (Å²) >= 11 is 6.90. The lowest BCUT2D eigenvalue weighted by molar-refractivity contribution is 0.660. The molecule has 0 radical (unpaired) electrons. The summed E-state index contributed by atoms with van der Waals surface area (Å²) in [6.07, 6.45) is 7.87. The number of fused-ring (bicyclic) bond motifs is 6. The molecule has 140 valence electrons. The first-order valence-corrected chi connectivity index (χ1v) is 10.7. The Labute approximate surface area is 175 Å². The SMILES string of the molecule is CC1(C)c2ccc(Cl)c3c2-c2c1ccc1c2N(C2=CC=CCC21)c1ccccc1-3. The number of benzene rings is 3. The van der Waals surface area contributed by atoms with Gasteiger partial charge in [0.05, 0.1) is 11.4 Å². The van der Waals surface area contributed by atoms with Crippen LogP contribution in [-0.2, 0) is 5.41 Å². The van der Waals surface area contributed by atoms with Crippen molar-refractivity contribution in [3.05, 3.63) is 94.2 Å². The van der Waals surface area contributed by atoms with Crippen molar-refractivity contribution in [1.82, 2.24) is 0 Å². The van der Waals surface area contributed by atoms with E-state index in [-0.39, 0.29) is 5.41 Å². The van der Waals surface area contributed by atoms with Crippen LogP contribution in [0.3, 0.4) is 0 Å². The third-order valence-corrected chi connectivity index (χ3v) is 7.68. The largest absolute Gasteiger partial charge is 0.312 e. The van der Waals surface area contributed by atoms with Crippen molar-refractivity contribution in [2.24, 2.45) is 0 Å². The fourth-order valence-corrected chi connectivity index (χ4v) is 6.33. The third-order valence-electron chi connectivity index (χ3n) is 7.36. The molecule has 4 aliphatic rings. The molecule has 1 unspecified atom stereocenters. The molecule has 1 nitrogen and oxygen atoms in total. The van der Waals surface area contributed by atoms with Gasteiger partial charge in [-0.05, 0) is 46.9 Å². The number of allylic oxidation sites excluding steroid dienone is 4. The fourth-order valence-electron chi connectivity index (χ4n) is 6.07. The average Bonchev–Trinajstić information content (AvgIpc) is 3.12. The van der Waals surface area contributed by atoms with Crippen LogP contribution >= 0.6 is 11.6 Å². The van der Waals surface area contributed by atoms with Gasteiger partial charge in [0.25, 0.3) is 0 Å². The highest BCUT2D eigenvalue weighted by Gasteiger charge is 2.47. The number of anilines is 2. The minimum atomic E-state index is -0.0304. The Balaban J connectivity index is 1.75. The second kappa shape index (κ2) is 5.04. The topological polar surface area (TPSA) is 3.24 Å². The molecule has 0 fully saturated rings. The van der Waals surface area contributed by atoms with E-state index in [0.29, 0.717) is 5.92 Å². The van der Waals surface area contributed by atoms with E-state index in [0.717, 1.165) is 11.4 Å². The number of nitrogens with zero attached hydrogens (tertiary/aromatic N) is 1. The molecule has 0 amide bonds. The molecule has 3 aromatic rings. The van der Waals surface area contributed by atoms with Gasteiger partial charge in [-0.1, -0.05) is 74.0 Å². The van der Waals surface area contributed by atoms with Gasteiger partial charge in [-0.15, -0.1) is 0 Å². The van der Waals surface area contributed by atoms with Crippen LogP contribution in [0.15, 0.2) is 72.5 Å². The van der Waals surface area contributed by atoms with Crippen LogP contribution in [0.25, 0.3) is 22.3 Å². The number of hydrogen-bond donors (Lipinski definition) is 0. The molecule has 0 saturated heterocycles. The van der Waals surface area contributed by atoms with Gasteiger partial charge in [-0.25, -0.2) is 0 Å². The van der Waals surface area contributed by atoms with E-state index in [4.69, 9.17) is 11.6 Å². The standard InChI is InChI=1S/C27H20ClN/c1-27(2)18-13-14-20(28)23-17-8-4-6-10-22(17)29-21-9-5-3-7-15(21)16-11-12-19(27)25(24(18)23)26(16)29/h3-6,8-15H,7H2,1-2H3. The van der Waals surface area contributed by atoms with Crippen LogP contribution in [0.4, 0.5) is 11.4 Å². The highest BCUT2D eigenvalue weighted by atomic mass is 35.5. The average molecular weight is 394 g/mol. The summed E-state index contributed by atoms with van der Waals surface area (Å²) in [6.45, 7) is 4.70. The molecular weight excluding hydrogens is 374 g/mol. The normalized spacial score (nSPS) is 20.7. The maximum atomic E-state index is 6.90. The summed E-state index contributed by atoms with van der Waals surface area (Å²) in [5, 5.41) is 0.840. The second-order valence-electron chi connectivity index (χ2n) is 9.06. The molecule has 1 atom stereocenters. The molecule has 2 aliphatic carbocycles. The van der Waals surface area contributed by atoms with E-state index < -0.39 is 0 Å². The van der Waals surface area contributed by atoms with Crippen molar-refractivity contribution in [3.63, 3.8) is 0 Å². The van der Waals surface area contributed by atoms with Gasteiger partial charge in [0.2, 0.25) is 0 Å². The van der Waals surface area contributed by atoms with Gasteiger partial charge in [0, 0.05) is 38.7 Å². The molecule has 2 heteroatoms. The minimum Gasteiger partial charge on any atom is -0.312 e. The van der Waals surface area contributed by atoms with Crippen molar-refractivity contribution >= 4 is 23.0 Å². The Bertz CT molecular complexity index is 1320. The van der Waals surface area contributed by atoms with Crippen molar-refractivity contribution in [2.45, 2.75) is 31.6 Å². The third kappa shape index (κ3) is 1.71. The van der Waals surface area contributed by atoms with Crippen LogP contribution in [0.2, 0.25) is 5.02 Å². The maximum Gasteiger partial charge on any atom is 0.0579 e. The summed E-state index contributed by atoms with van der Waals surface area (Å²) in [5.74, 6) is 0.432. The molecule has 2 aliphatic heterocycles. The smallest absolute Gasteiger partial charge is 0.0579 e. The first-order valence-electron chi connectivity index (χ1n) is 10.4. The molecule has 7 rings (SSSR count). The first kappa shape index (κ1) is 16.1. The monoisotopic (exact) mass is 393 g/mol. The summed E-state index contributed by atoms with van der Waals surface area (Å²) in [6, 6.07) is 17.9. The molecule has 3 aromatic carbocycles. The minimum absolute atomic E-state index is 0.0304. The van der Waals surface area contributed by atoms with Gasteiger partial charge in [-0.3, -0.25) is 0 Å². The van der Waals surface area contributed by atoms with E-state index in [1.165, 1.54) is 56.0 Å². The van der Waals surface area contributed by atoms with Crippen molar-refractivity contribution < 1.29 is 0 Å². The van der Waals surface area contributed by atoms with Crippen molar-refractivity contribution in [2.75, 3.05) is 4.90 Å². The van der Waals surface area contributed by atoms with E-state index in [1.54, 1.807) is 0 Å². The number of halogens is 1. The molecular formula is C27H20ClN. The van der Waals surface area contributed by atoms with Gasteiger partial charge >= 0.3 is 0 Å². The van der Waals surface area contributed by atoms with Crippen molar-refractivity contribution in [1.29, 1.82) is 0 Å². The number of hydrogen-bond acceptors (Lipinski definition) is 1.